The largest absolute Gasteiger partial charge is 0.392 e. The third kappa shape index (κ3) is 4.29. The van der Waals surface area contributed by atoms with Gasteiger partial charge in [0.15, 0.2) is 0 Å². The lowest BCUT2D eigenvalue weighted by molar-refractivity contribution is 0.0759. The fourth-order valence-electron chi connectivity index (χ4n) is 3.71. The van der Waals surface area contributed by atoms with Crippen molar-refractivity contribution in [3.8, 4) is 0 Å². The average molecular weight is 288 g/mol. The van der Waals surface area contributed by atoms with Gasteiger partial charge >= 0.3 is 0 Å². The number of likely N-dealkylation sites (tertiary alicyclic amines) is 1. The molecule has 1 aliphatic heterocycles. The summed E-state index contributed by atoms with van der Waals surface area (Å²) in [5, 5.41) is 13.8. The van der Waals surface area contributed by atoms with Crippen molar-refractivity contribution >= 4 is 0 Å². The van der Waals surface area contributed by atoms with E-state index in [1.165, 1.54) is 31.2 Å². The number of piperidine rings is 1. The Morgan fingerprint density at radius 1 is 1.00 bits per heavy atom. The first-order valence-corrected chi connectivity index (χ1v) is 8.51. The van der Waals surface area contributed by atoms with Gasteiger partial charge in [0, 0.05) is 18.6 Å². The number of aliphatic hydroxyl groups excluding tert-OH is 1. The van der Waals surface area contributed by atoms with Crippen LogP contribution in [-0.4, -0.2) is 41.3 Å². The number of hydrogen-bond donors (Lipinski definition) is 2. The van der Waals surface area contributed by atoms with Crippen molar-refractivity contribution in [2.24, 2.45) is 0 Å². The van der Waals surface area contributed by atoms with E-state index in [1.54, 1.807) is 0 Å². The number of nitrogens with zero attached hydrogens (tertiary/aromatic N) is 1. The van der Waals surface area contributed by atoms with E-state index in [1.807, 2.05) is 0 Å². The Bertz CT molecular complexity index is 414. The maximum absolute atomic E-state index is 10.1. The van der Waals surface area contributed by atoms with Gasteiger partial charge in [0.2, 0.25) is 0 Å². The lowest BCUT2D eigenvalue weighted by atomic mass is 9.91. The SMILES string of the molecule is O[C@H]1CCCC[C@@H]1NC1CCN(Cc2ccccc2)CC1. The van der Waals surface area contributed by atoms with E-state index in [0.717, 1.165) is 32.5 Å². The summed E-state index contributed by atoms with van der Waals surface area (Å²) in [5.41, 5.74) is 1.41. The third-order valence-electron chi connectivity index (χ3n) is 5.02. The predicted octanol–water partition coefficient (Wildman–Crippen LogP) is 2.54. The number of hydrogen-bond acceptors (Lipinski definition) is 3. The third-order valence-corrected chi connectivity index (χ3v) is 5.02. The normalized spacial score (nSPS) is 28.6. The van der Waals surface area contributed by atoms with Crippen LogP contribution in [0.1, 0.15) is 44.1 Å². The van der Waals surface area contributed by atoms with Crippen molar-refractivity contribution in [3.63, 3.8) is 0 Å². The highest BCUT2D eigenvalue weighted by Gasteiger charge is 2.27. The standard InChI is InChI=1S/C18H28N2O/c21-18-9-5-4-8-17(18)19-16-10-12-20(13-11-16)14-15-6-2-1-3-7-15/h1-3,6-7,16-19,21H,4-5,8-14H2/t17-,18-/m0/s1. The monoisotopic (exact) mass is 288 g/mol. The quantitative estimate of drug-likeness (QED) is 0.894. The number of aliphatic hydroxyl groups is 1. The molecule has 3 nitrogen and oxygen atoms in total. The summed E-state index contributed by atoms with van der Waals surface area (Å²) < 4.78 is 0. The fraction of sp³-hybridized carbons (Fsp3) is 0.667. The summed E-state index contributed by atoms with van der Waals surface area (Å²) in [6, 6.07) is 11.7. The molecule has 0 amide bonds. The molecule has 1 heterocycles. The smallest absolute Gasteiger partial charge is 0.0693 e. The van der Waals surface area contributed by atoms with Crippen molar-refractivity contribution in [2.75, 3.05) is 13.1 Å². The molecule has 2 fully saturated rings. The minimum absolute atomic E-state index is 0.124. The number of nitrogens with one attached hydrogen (secondary N) is 1. The van der Waals surface area contributed by atoms with Gasteiger partial charge < -0.3 is 10.4 Å². The number of benzene rings is 1. The van der Waals surface area contributed by atoms with Crippen molar-refractivity contribution in [1.82, 2.24) is 10.2 Å². The molecule has 2 N–H and O–H groups in total. The van der Waals surface area contributed by atoms with E-state index in [2.05, 4.69) is 40.5 Å². The van der Waals surface area contributed by atoms with Gasteiger partial charge in [-0.1, -0.05) is 43.2 Å². The summed E-state index contributed by atoms with van der Waals surface area (Å²) in [4.78, 5) is 2.55. The van der Waals surface area contributed by atoms with Crippen LogP contribution in [0, 0.1) is 0 Å². The molecule has 2 aliphatic rings. The van der Waals surface area contributed by atoms with Gasteiger partial charge in [-0.3, -0.25) is 4.90 Å². The molecule has 3 rings (SSSR count). The second kappa shape index (κ2) is 7.39. The van der Waals surface area contributed by atoms with Crippen LogP contribution in [0.3, 0.4) is 0 Å². The molecule has 3 heteroatoms. The van der Waals surface area contributed by atoms with Crippen molar-refractivity contribution in [1.29, 1.82) is 0 Å². The highest BCUT2D eigenvalue weighted by atomic mass is 16.3. The Hall–Kier alpha value is -0.900. The first-order valence-electron chi connectivity index (χ1n) is 8.51. The average Bonchev–Trinajstić information content (AvgIpc) is 2.52. The Balaban J connectivity index is 1.42. The minimum atomic E-state index is -0.124. The minimum Gasteiger partial charge on any atom is -0.392 e. The van der Waals surface area contributed by atoms with Crippen LogP contribution in [0.2, 0.25) is 0 Å². The molecule has 1 saturated carbocycles. The second-order valence-electron chi connectivity index (χ2n) is 6.66. The van der Waals surface area contributed by atoms with Gasteiger partial charge in [0.1, 0.15) is 0 Å². The molecule has 0 aromatic heterocycles. The Labute approximate surface area is 128 Å². The van der Waals surface area contributed by atoms with Crippen LogP contribution in [0.5, 0.6) is 0 Å². The van der Waals surface area contributed by atoms with Gasteiger partial charge in [0.25, 0.3) is 0 Å². The molecular formula is C18H28N2O. The Kier molecular flexibility index (Phi) is 5.28. The zero-order valence-electron chi connectivity index (χ0n) is 12.9. The first kappa shape index (κ1) is 15.0. The van der Waals surface area contributed by atoms with E-state index in [-0.39, 0.29) is 6.10 Å². The fourth-order valence-corrected chi connectivity index (χ4v) is 3.71. The van der Waals surface area contributed by atoms with Crippen LogP contribution >= 0.6 is 0 Å². The molecule has 116 valence electrons. The van der Waals surface area contributed by atoms with E-state index in [0.29, 0.717) is 12.1 Å². The molecule has 1 aliphatic carbocycles. The summed E-state index contributed by atoms with van der Waals surface area (Å²) in [7, 11) is 0. The van der Waals surface area contributed by atoms with Crippen LogP contribution in [-0.2, 0) is 6.54 Å². The van der Waals surface area contributed by atoms with Gasteiger partial charge in [-0.05, 0) is 44.3 Å². The summed E-state index contributed by atoms with van der Waals surface area (Å²) in [6.45, 7) is 3.39. The topological polar surface area (TPSA) is 35.5 Å². The molecule has 1 saturated heterocycles. The maximum Gasteiger partial charge on any atom is 0.0693 e. The first-order chi connectivity index (χ1) is 10.3. The summed E-state index contributed by atoms with van der Waals surface area (Å²) in [6.07, 6.45) is 6.86. The van der Waals surface area contributed by atoms with E-state index in [4.69, 9.17) is 0 Å². The highest BCUT2D eigenvalue weighted by Crippen LogP contribution is 2.21. The highest BCUT2D eigenvalue weighted by molar-refractivity contribution is 5.14. The molecule has 21 heavy (non-hydrogen) atoms. The molecule has 1 aromatic rings. The van der Waals surface area contributed by atoms with Crippen molar-refractivity contribution in [2.45, 2.75) is 63.3 Å². The molecule has 0 spiro atoms. The van der Waals surface area contributed by atoms with Gasteiger partial charge in [0.05, 0.1) is 6.10 Å². The second-order valence-corrected chi connectivity index (χ2v) is 6.66. The summed E-state index contributed by atoms with van der Waals surface area (Å²) >= 11 is 0. The van der Waals surface area contributed by atoms with E-state index < -0.39 is 0 Å². The van der Waals surface area contributed by atoms with Gasteiger partial charge in [-0.15, -0.1) is 0 Å². The Morgan fingerprint density at radius 2 is 1.71 bits per heavy atom. The van der Waals surface area contributed by atoms with E-state index in [9.17, 15) is 5.11 Å². The molecule has 0 bridgehead atoms. The van der Waals surface area contributed by atoms with Crippen LogP contribution in [0.4, 0.5) is 0 Å². The van der Waals surface area contributed by atoms with Gasteiger partial charge in [-0.2, -0.15) is 0 Å². The zero-order valence-corrected chi connectivity index (χ0v) is 12.9. The van der Waals surface area contributed by atoms with Crippen LogP contribution in [0.25, 0.3) is 0 Å². The molecular weight excluding hydrogens is 260 g/mol. The molecule has 2 atom stereocenters. The van der Waals surface area contributed by atoms with Crippen molar-refractivity contribution in [3.05, 3.63) is 35.9 Å². The molecule has 0 radical (unpaired) electrons. The predicted molar refractivity (Wildman–Crippen MR) is 86.1 cm³/mol. The maximum atomic E-state index is 10.1. The van der Waals surface area contributed by atoms with E-state index >= 15 is 0 Å². The lowest BCUT2D eigenvalue weighted by Gasteiger charge is -2.37. The lowest BCUT2D eigenvalue weighted by Crippen LogP contribution is -2.50. The van der Waals surface area contributed by atoms with Crippen LogP contribution in [0.15, 0.2) is 30.3 Å². The van der Waals surface area contributed by atoms with Crippen molar-refractivity contribution < 1.29 is 5.11 Å². The van der Waals surface area contributed by atoms with Gasteiger partial charge in [-0.25, -0.2) is 0 Å². The molecule has 0 unspecified atom stereocenters. The van der Waals surface area contributed by atoms with Crippen LogP contribution < -0.4 is 5.32 Å². The zero-order chi connectivity index (χ0) is 14.5. The summed E-state index contributed by atoms with van der Waals surface area (Å²) in [5.74, 6) is 0. The Morgan fingerprint density at radius 3 is 2.43 bits per heavy atom. The molecule has 1 aromatic carbocycles. The number of rotatable bonds is 4.